The fraction of sp³-hybridized carbons (Fsp3) is 0.200. The topological polar surface area (TPSA) is 20.2 Å². The zero-order valence-electron chi connectivity index (χ0n) is 10.3. The minimum absolute atomic E-state index is 0.104. The summed E-state index contributed by atoms with van der Waals surface area (Å²) in [6, 6.07) is 9.66. The highest BCUT2D eigenvalue weighted by Crippen LogP contribution is 2.29. The van der Waals surface area contributed by atoms with E-state index < -0.39 is 17.2 Å². The maximum atomic E-state index is 13.2. The van der Waals surface area contributed by atoms with Crippen LogP contribution >= 0.6 is 11.6 Å². The summed E-state index contributed by atoms with van der Waals surface area (Å²) in [6.07, 6.45) is 0.104. The molecule has 0 aliphatic rings. The van der Waals surface area contributed by atoms with Crippen LogP contribution in [0.5, 0.6) is 0 Å². The van der Waals surface area contributed by atoms with E-state index in [1.54, 1.807) is 13.0 Å². The Labute approximate surface area is 115 Å². The van der Waals surface area contributed by atoms with Crippen molar-refractivity contribution in [2.75, 3.05) is 0 Å². The van der Waals surface area contributed by atoms with Crippen molar-refractivity contribution in [3.05, 3.63) is 70.2 Å². The first-order chi connectivity index (χ1) is 8.88. The first-order valence-corrected chi connectivity index (χ1v) is 6.19. The summed E-state index contributed by atoms with van der Waals surface area (Å²) in [4.78, 5) is 0. The van der Waals surface area contributed by atoms with Gasteiger partial charge in [-0.3, -0.25) is 0 Å². The van der Waals surface area contributed by atoms with Crippen LogP contribution in [0.1, 0.15) is 18.1 Å². The Kier molecular flexibility index (Phi) is 3.88. The molecule has 2 aromatic carbocycles. The lowest BCUT2D eigenvalue weighted by molar-refractivity contribution is 0.0572. The number of hydrogen-bond donors (Lipinski definition) is 1. The second-order valence-electron chi connectivity index (χ2n) is 4.70. The monoisotopic (exact) mass is 282 g/mol. The molecule has 0 spiro atoms. The number of benzene rings is 2. The van der Waals surface area contributed by atoms with Crippen LogP contribution < -0.4 is 0 Å². The molecule has 1 N–H and O–H groups in total. The second kappa shape index (κ2) is 5.27. The van der Waals surface area contributed by atoms with Crippen molar-refractivity contribution in [2.45, 2.75) is 18.9 Å². The van der Waals surface area contributed by atoms with Crippen molar-refractivity contribution >= 4 is 11.6 Å². The quantitative estimate of drug-likeness (QED) is 0.900. The molecule has 0 amide bonds. The Morgan fingerprint density at radius 2 is 1.79 bits per heavy atom. The van der Waals surface area contributed by atoms with E-state index in [1.165, 1.54) is 36.4 Å². The van der Waals surface area contributed by atoms with E-state index in [4.69, 9.17) is 11.6 Å². The van der Waals surface area contributed by atoms with Gasteiger partial charge in [0.05, 0.1) is 5.60 Å². The molecular weight excluding hydrogens is 270 g/mol. The lowest BCUT2D eigenvalue weighted by atomic mass is 9.89. The standard InChI is InChI=1S/C15H13ClF2O/c1-15(19,11-3-2-4-12(17)8-11)9-10-7-13(18)5-6-14(10)16/h2-8,19H,9H2,1H3. The first-order valence-electron chi connectivity index (χ1n) is 5.81. The van der Waals surface area contributed by atoms with Gasteiger partial charge in [-0.2, -0.15) is 0 Å². The molecule has 0 fully saturated rings. The molecule has 0 radical (unpaired) electrons. The molecule has 1 nitrogen and oxygen atoms in total. The zero-order valence-corrected chi connectivity index (χ0v) is 11.1. The molecular formula is C15H13ClF2O. The zero-order chi connectivity index (χ0) is 14.0. The SMILES string of the molecule is CC(O)(Cc1cc(F)ccc1Cl)c1cccc(F)c1. The summed E-state index contributed by atoms with van der Waals surface area (Å²) in [5, 5.41) is 10.8. The van der Waals surface area contributed by atoms with Crippen LogP contribution in [0.25, 0.3) is 0 Å². The molecule has 0 aliphatic heterocycles. The van der Waals surface area contributed by atoms with Gasteiger partial charge in [0.15, 0.2) is 0 Å². The molecule has 0 saturated heterocycles. The maximum absolute atomic E-state index is 13.2. The Morgan fingerprint density at radius 1 is 1.11 bits per heavy atom. The second-order valence-corrected chi connectivity index (χ2v) is 5.10. The van der Waals surface area contributed by atoms with Crippen molar-refractivity contribution in [2.24, 2.45) is 0 Å². The molecule has 0 bridgehead atoms. The number of rotatable bonds is 3. The first kappa shape index (κ1) is 14.0. The summed E-state index contributed by atoms with van der Waals surface area (Å²) in [6.45, 7) is 1.54. The van der Waals surface area contributed by atoms with Crippen LogP contribution in [0, 0.1) is 11.6 Å². The van der Waals surface area contributed by atoms with Crippen LogP contribution in [0.2, 0.25) is 5.02 Å². The van der Waals surface area contributed by atoms with Crippen LogP contribution in [0.15, 0.2) is 42.5 Å². The summed E-state index contributed by atoms with van der Waals surface area (Å²) >= 11 is 5.97. The van der Waals surface area contributed by atoms with Gasteiger partial charge in [-0.05, 0) is 48.4 Å². The van der Waals surface area contributed by atoms with E-state index in [-0.39, 0.29) is 6.42 Å². The molecule has 19 heavy (non-hydrogen) atoms. The normalized spacial score (nSPS) is 14.2. The average Bonchev–Trinajstić information content (AvgIpc) is 2.33. The van der Waals surface area contributed by atoms with Crippen LogP contribution in [0.4, 0.5) is 8.78 Å². The molecule has 0 aromatic heterocycles. The van der Waals surface area contributed by atoms with Crippen molar-refractivity contribution in [3.8, 4) is 0 Å². The van der Waals surface area contributed by atoms with Crippen LogP contribution in [-0.2, 0) is 12.0 Å². The predicted molar refractivity (Wildman–Crippen MR) is 71.1 cm³/mol. The molecule has 0 aliphatic carbocycles. The smallest absolute Gasteiger partial charge is 0.123 e. The van der Waals surface area contributed by atoms with E-state index >= 15 is 0 Å². The fourth-order valence-corrected chi connectivity index (χ4v) is 2.16. The van der Waals surface area contributed by atoms with Crippen molar-refractivity contribution in [3.63, 3.8) is 0 Å². The largest absolute Gasteiger partial charge is 0.385 e. The molecule has 0 heterocycles. The maximum Gasteiger partial charge on any atom is 0.123 e. The van der Waals surface area contributed by atoms with Gasteiger partial charge in [0.1, 0.15) is 11.6 Å². The predicted octanol–water partition coefficient (Wildman–Crippen LogP) is 4.07. The van der Waals surface area contributed by atoms with E-state index in [0.29, 0.717) is 16.1 Å². The molecule has 100 valence electrons. The highest BCUT2D eigenvalue weighted by atomic mass is 35.5. The highest BCUT2D eigenvalue weighted by Gasteiger charge is 2.25. The highest BCUT2D eigenvalue weighted by molar-refractivity contribution is 6.31. The van der Waals surface area contributed by atoms with Crippen molar-refractivity contribution < 1.29 is 13.9 Å². The minimum Gasteiger partial charge on any atom is -0.385 e. The molecule has 2 aromatic rings. The van der Waals surface area contributed by atoms with Crippen LogP contribution in [0.3, 0.4) is 0 Å². The van der Waals surface area contributed by atoms with Gasteiger partial charge in [0.25, 0.3) is 0 Å². The van der Waals surface area contributed by atoms with Gasteiger partial charge in [-0.15, -0.1) is 0 Å². The third-order valence-corrected chi connectivity index (χ3v) is 3.36. The van der Waals surface area contributed by atoms with Gasteiger partial charge in [-0.1, -0.05) is 23.7 Å². The fourth-order valence-electron chi connectivity index (χ4n) is 1.98. The number of aliphatic hydroxyl groups is 1. The molecule has 2 rings (SSSR count). The van der Waals surface area contributed by atoms with E-state index in [1.807, 2.05) is 0 Å². The van der Waals surface area contributed by atoms with Crippen molar-refractivity contribution in [1.29, 1.82) is 0 Å². The third kappa shape index (κ3) is 3.31. The van der Waals surface area contributed by atoms with Crippen molar-refractivity contribution in [1.82, 2.24) is 0 Å². The summed E-state index contributed by atoms with van der Waals surface area (Å²) in [5.41, 5.74) is -0.414. The van der Waals surface area contributed by atoms with Gasteiger partial charge in [0, 0.05) is 11.4 Å². The van der Waals surface area contributed by atoms with E-state index in [2.05, 4.69) is 0 Å². The van der Waals surface area contributed by atoms with Crippen LogP contribution in [-0.4, -0.2) is 5.11 Å². The molecule has 1 atom stereocenters. The molecule has 1 unspecified atom stereocenters. The summed E-state index contributed by atoms with van der Waals surface area (Å²) in [5.74, 6) is -0.849. The van der Waals surface area contributed by atoms with Gasteiger partial charge in [-0.25, -0.2) is 8.78 Å². The third-order valence-electron chi connectivity index (χ3n) is 2.99. The summed E-state index contributed by atoms with van der Waals surface area (Å²) < 4.78 is 26.4. The molecule has 4 heteroatoms. The van der Waals surface area contributed by atoms with E-state index in [9.17, 15) is 13.9 Å². The Hall–Kier alpha value is -1.45. The lowest BCUT2D eigenvalue weighted by Crippen LogP contribution is -2.24. The number of hydrogen-bond acceptors (Lipinski definition) is 1. The Morgan fingerprint density at radius 3 is 2.47 bits per heavy atom. The lowest BCUT2D eigenvalue weighted by Gasteiger charge is -2.24. The number of halogens is 3. The Bertz CT molecular complexity index is 596. The van der Waals surface area contributed by atoms with E-state index in [0.717, 1.165) is 0 Å². The van der Waals surface area contributed by atoms with Gasteiger partial charge in [0.2, 0.25) is 0 Å². The molecule has 0 saturated carbocycles. The average molecular weight is 283 g/mol. The minimum atomic E-state index is -1.32. The Balaban J connectivity index is 2.33. The summed E-state index contributed by atoms with van der Waals surface area (Å²) in [7, 11) is 0. The van der Waals surface area contributed by atoms with Gasteiger partial charge >= 0.3 is 0 Å². The van der Waals surface area contributed by atoms with Gasteiger partial charge < -0.3 is 5.11 Å².